The number of rotatable bonds is 10. The Bertz CT molecular complexity index is 1750. The zero-order chi connectivity index (χ0) is 35.2. The van der Waals surface area contributed by atoms with Gasteiger partial charge in [0, 0.05) is 12.1 Å². The number of carboxylic acid groups (broad SMARTS) is 2. The van der Waals surface area contributed by atoms with E-state index in [4.69, 9.17) is 20.9 Å². The van der Waals surface area contributed by atoms with Gasteiger partial charge in [-0.1, -0.05) is 0 Å². The minimum Gasteiger partial charge on any atom is -0.548 e. The first kappa shape index (κ1) is 52.0. The second-order valence-corrected chi connectivity index (χ2v) is 17.7. The quantitative estimate of drug-likeness (QED) is 0.112. The molecular formula is C30H23I7N2Na2O9. The van der Waals surface area contributed by atoms with Crippen LogP contribution < -0.4 is 90.3 Å². The van der Waals surface area contributed by atoms with Gasteiger partial charge in [-0.3, -0.25) is 0 Å². The molecule has 0 unspecified atom stereocenters. The topological polar surface area (TPSA) is 223 Å². The van der Waals surface area contributed by atoms with Crippen molar-refractivity contribution >= 4 is 170 Å². The maximum absolute atomic E-state index is 10.8. The molecule has 0 fully saturated rings. The van der Waals surface area contributed by atoms with Gasteiger partial charge in [0.25, 0.3) is 0 Å². The first-order chi connectivity index (χ1) is 22.0. The van der Waals surface area contributed by atoms with Gasteiger partial charge >= 0.3 is 59.1 Å². The third kappa shape index (κ3) is 15.9. The Labute approximate surface area is 427 Å². The number of carboxylic acids is 2. The van der Waals surface area contributed by atoms with Crippen molar-refractivity contribution in [2.75, 3.05) is 0 Å². The van der Waals surface area contributed by atoms with E-state index in [1.54, 1.807) is 30.3 Å². The van der Waals surface area contributed by atoms with Crippen molar-refractivity contribution in [3.05, 3.63) is 90.7 Å². The third-order valence-electron chi connectivity index (χ3n) is 5.98. The molecule has 4 aromatic rings. The Balaban J connectivity index is 0.000000907. The largest absolute Gasteiger partial charge is 1.00 e. The van der Waals surface area contributed by atoms with Crippen molar-refractivity contribution in [1.82, 2.24) is 0 Å². The molecule has 2 atom stereocenters. The Morgan fingerprint density at radius 1 is 0.600 bits per heavy atom. The molecule has 0 bridgehead atoms. The summed E-state index contributed by atoms with van der Waals surface area (Å²) in [5.41, 5.74) is 12.7. The van der Waals surface area contributed by atoms with Gasteiger partial charge in [-0.25, -0.2) is 0 Å². The molecule has 258 valence electrons. The first-order valence-corrected chi connectivity index (χ1v) is 20.4. The first-order valence-electron chi connectivity index (χ1n) is 12.9. The molecule has 0 aromatic heterocycles. The monoisotopic (exact) mass is 1490 g/mol. The second kappa shape index (κ2) is 24.6. The Kier molecular flexibility index (Phi) is 25.6. The van der Waals surface area contributed by atoms with Crippen LogP contribution in [0.1, 0.15) is 11.1 Å². The summed E-state index contributed by atoms with van der Waals surface area (Å²) in [6.45, 7) is 0. The molecule has 0 aliphatic carbocycles. The molecule has 0 aliphatic rings. The van der Waals surface area contributed by atoms with E-state index in [9.17, 15) is 30.0 Å². The van der Waals surface area contributed by atoms with Crippen molar-refractivity contribution in [1.29, 1.82) is 0 Å². The summed E-state index contributed by atoms with van der Waals surface area (Å²) in [6.07, 6.45) is 0.398. The molecule has 20 heteroatoms. The molecule has 0 heterocycles. The minimum atomic E-state index is -1.27. The van der Waals surface area contributed by atoms with Crippen LogP contribution in [0.2, 0.25) is 0 Å². The molecule has 8 N–H and O–H groups in total. The summed E-state index contributed by atoms with van der Waals surface area (Å²) in [6, 6.07) is 13.8. The van der Waals surface area contributed by atoms with Crippen LogP contribution in [0.15, 0.2) is 54.6 Å². The van der Waals surface area contributed by atoms with E-state index in [1.807, 2.05) is 92.0 Å². The molecule has 0 saturated heterocycles. The molecule has 0 amide bonds. The van der Waals surface area contributed by atoms with Gasteiger partial charge in [0.05, 0.1) is 36.9 Å². The normalized spacial score (nSPS) is 11.3. The van der Waals surface area contributed by atoms with Crippen LogP contribution >= 0.6 is 158 Å². The van der Waals surface area contributed by atoms with E-state index in [1.165, 1.54) is 0 Å². The average molecular weight is 1490 g/mol. The van der Waals surface area contributed by atoms with E-state index in [2.05, 4.69) is 90.4 Å². The van der Waals surface area contributed by atoms with E-state index >= 15 is 0 Å². The predicted octanol–water partition coefficient (Wildman–Crippen LogP) is -0.976. The molecular weight excluding hydrogens is 1470 g/mol. The standard InChI is InChI=1S/C15H11I4NO4.C15H12I3NO4.2Na.H2O/c16-8-4-7(5-9(17)13(8)21)24-14-10(18)1-6(2-11(14)19)3-12(20)15(22)23;16-9-6-8(1-2-13(9)20)23-14-10(17)3-7(4-11(14)18)5-12(19)15(21)22;;;/h1-2,4-5,12,21H,3,20H2,(H,22,23);1-4,6,12,20H,5,19H2,(H,21,22);;;1H2/q;;2*+1;/p-2/t2*12-;;;/m00.../s1. The smallest absolute Gasteiger partial charge is 0.548 e. The van der Waals surface area contributed by atoms with Gasteiger partial charge in [0.1, 0.15) is 23.0 Å². The summed E-state index contributed by atoms with van der Waals surface area (Å²) in [5.74, 6) is 0.493. The van der Waals surface area contributed by atoms with Crippen molar-refractivity contribution < 1.29 is 104 Å². The summed E-state index contributed by atoms with van der Waals surface area (Å²) in [7, 11) is 0. The van der Waals surface area contributed by atoms with Gasteiger partial charge in [0.15, 0.2) is 11.5 Å². The fraction of sp³-hybridized carbons (Fsp3) is 0.133. The summed E-state index contributed by atoms with van der Waals surface area (Å²) in [5, 5.41) is 40.9. The van der Waals surface area contributed by atoms with E-state index in [0.717, 1.165) is 25.4 Å². The van der Waals surface area contributed by atoms with Gasteiger partial charge in [0.2, 0.25) is 0 Å². The fourth-order valence-corrected chi connectivity index (χ4v) is 10.2. The molecule has 4 rings (SSSR count). The Morgan fingerprint density at radius 2 is 0.940 bits per heavy atom. The Hall–Kier alpha value is 2.01. The molecule has 0 aliphatic heterocycles. The maximum Gasteiger partial charge on any atom is 1.00 e. The number of hydrogen-bond donors (Lipinski definition) is 4. The number of nitrogens with two attached hydrogens (primary N) is 2. The zero-order valence-corrected chi connectivity index (χ0v) is 45.0. The number of phenols is 2. The number of aromatic hydroxyl groups is 2. The predicted molar refractivity (Wildman–Crippen MR) is 235 cm³/mol. The maximum atomic E-state index is 10.8. The number of hydrogen-bond acceptors (Lipinski definition) is 10. The van der Waals surface area contributed by atoms with Crippen LogP contribution in [-0.4, -0.2) is 39.7 Å². The summed E-state index contributed by atoms with van der Waals surface area (Å²) >= 11 is 14.7. The molecule has 0 saturated carbocycles. The van der Waals surface area contributed by atoms with Crippen LogP contribution in [0.3, 0.4) is 0 Å². The van der Waals surface area contributed by atoms with Crippen LogP contribution in [0.25, 0.3) is 0 Å². The summed E-state index contributed by atoms with van der Waals surface area (Å²) < 4.78 is 17.3. The molecule has 0 radical (unpaired) electrons. The van der Waals surface area contributed by atoms with Crippen molar-refractivity contribution in [3.8, 4) is 34.5 Å². The van der Waals surface area contributed by atoms with Gasteiger partial charge in [-0.05, 0) is 237 Å². The van der Waals surface area contributed by atoms with Crippen molar-refractivity contribution in [2.24, 2.45) is 11.5 Å². The van der Waals surface area contributed by atoms with Crippen LogP contribution in [0.5, 0.6) is 34.5 Å². The number of phenolic OH excluding ortho intramolecular Hbond substituents is 2. The number of benzene rings is 4. The van der Waals surface area contributed by atoms with Gasteiger partial charge in [-0.15, -0.1) is 0 Å². The number of aliphatic carboxylic acids is 2. The average Bonchev–Trinajstić information content (AvgIpc) is 2.97. The molecule has 4 aromatic carbocycles. The number of halogens is 7. The van der Waals surface area contributed by atoms with Crippen molar-refractivity contribution in [2.45, 2.75) is 24.9 Å². The zero-order valence-electron chi connectivity index (χ0n) is 25.9. The number of ether oxygens (including phenoxy) is 2. The fourth-order valence-electron chi connectivity index (χ4n) is 3.72. The minimum absolute atomic E-state index is 0. The molecule has 11 nitrogen and oxygen atoms in total. The van der Waals surface area contributed by atoms with Gasteiger partial charge < -0.3 is 56.4 Å². The number of carbonyl (C=O) groups excluding carboxylic acids is 2. The van der Waals surface area contributed by atoms with Crippen LogP contribution in [-0.2, 0) is 22.4 Å². The SMILES string of the molecule is N[C@@H](Cc1cc(I)c(Oc2cc(I)c(O)c(I)c2)c(I)c1)C(=O)[O-].N[C@@H](Cc1cc(I)c(Oc2ccc(O)c(I)c2)c(I)c1)C(=O)[O-].O.[Na+].[Na+]. The molecule has 0 spiro atoms. The van der Waals surface area contributed by atoms with Gasteiger partial charge in [-0.2, -0.15) is 0 Å². The second-order valence-electron chi connectivity index (χ2n) is 9.59. The van der Waals surface area contributed by atoms with Crippen LogP contribution in [0.4, 0.5) is 0 Å². The van der Waals surface area contributed by atoms with Crippen LogP contribution in [0, 0.1) is 25.0 Å². The third-order valence-corrected chi connectivity index (χ3v) is 11.7. The number of carbonyl (C=O) groups is 2. The molecule has 50 heavy (non-hydrogen) atoms. The van der Waals surface area contributed by atoms with E-state index < -0.39 is 24.0 Å². The Morgan fingerprint density at radius 3 is 1.28 bits per heavy atom. The van der Waals surface area contributed by atoms with E-state index in [-0.39, 0.29) is 88.9 Å². The van der Waals surface area contributed by atoms with E-state index in [0.29, 0.717) is 33.7 Å². The summed E-state index contributed by atoms with van der Waals surface area (Å²) in [4.78, 5) is 21.5. The van der Waals surface area contributed by atoms with Crippen molar-refractivity contribution in [3.63, 3.8) is 0 Å².